The van der Waals surface area contributed by atoms with Crippen LogP contribution < -0.4 is 0 Å². The van der Waals surface area contributed by atoms with Crippen LogP contribution in [0.25, 0.3) is 5.57 Å². The molecule has 0 aliphatic rings. The first-order valence-electron chi connectivity index (χ1n) is 6.70. The average Bonchev–Trinajstić information content (AvgIpc) is 2.45. The molecule has 0 aliphatic carbocycles. The molecule has 0 fully saturated rings. The van der Waals surface area contributed by atoms with Crippen molar-refractivity contribution in [2.75, 3.05) is 0 Å². The molecule has 0 spiro atoms. The molecule has 0 radical (unpaired) electrons. The van der Waals surface area contributed by atoms with Crippen LogP contribution in [-0.2, 0) is 6.42 Å². The van der Waals surface area contributed by atoms with Crippen molar-refractivity contribution in [1.82, 2.24) is 0 Å². The fraction of sp³-hybridized carbons (Fsp3) is 0.158. The highest BCUT2D eigenvalue weighted by molar-refractivity contribution is 5.74. The molecule has 0 amide bonds. The fourth-order valence-electron chi connectivity index (χ4n) is 2.04. The van der Waals surface area contributed by atoms with E-state index in [1.807, 2.05) is 0 Å². The molecule has 0 heteroatoms. The van der Waals surface area contributed by atoms with Crippen LogP contribution in [0.4, 0.5) is 0 Å². The van der Waals surface area contributed by atoms with Crippen molar-refractivity contribution in [3.63, 3.8) is 0 Å². The minimum absolute atomic E-state index is 0.967. The Balaban J connectivity index is 2.26. The topological polar surface area (TPSA) is 0 Å². The SMILES string of the molecule is CC(C)=C/C(=C\Cc1ccccc1)c1ccccc1. The molecule has 2 aromatic rings. The molecule has 0 saturated heterocycles. The zero-order valence-electron chi connectivity index (χ0n) is 11.6. The maximum absolute atomic E-state index is 2.30. The maximum atomic E-state index is 2.30. The summed E-state index contributed by atoms with van der Waals surface area (Å²) in [6.07, 6.45) is 5.52. The van der Waals surface area contributed by atoms with E-state index in [1.165, 1.54) is 22.3 Å². The Morgan fingerprint density at radius 2 is 1.42 bits per heavy atom. The lowest BCUT2D eigenvalue weighted by atomic mass is 10.0. The minimum Gasteiger partial charge on any atom is -0.0758 e. The van der Waals surface area contributed by atoms with Gasteiger partial charge in [0.2, 0.25) is 0 Å². The van der Waals surface area contributed by atoms with Gasteiger partial charge < -0.3 is 0 Å². The van der Waals surface area contributed by atoms with Crippen LogP contribution in [0.1, 0.15) is 25.0 Å². The van der Waals surface area contributed by atoms with E-state index in [0.717, 1.165) is 6.42 Å². The molecule has 0 atom stereocenters. The van der Waals surface area contributed by atoms with Gasteiger partial charge in [0.05, 0.1) is 0 Å². The summed E-state index contributed by atoms with van der Waals surface area (Å²) in [5, 5.41) is 0. The Kier molecular flexibility index (Phi) is 4.74. The summed E-state index contributed by atoms with van der Waals surface area (Å²) in [6, 6.07) is 21.1. The summed E-state index contributed by atoms with van der Waals surface area (Å²) >= 11 is 0. The second-order valence-corrected chi connectivity index (χ2v) is 4.94. The minimum atomic E-state index is 0.967. The lowest BCUT2D eigenvalue weighted by Gasteiger charge is -2.04. The van der Waals surface area contributed by atoms with Gasteiger partial charge in [0.1, 0.15) is 0 Å². The first-order chi connectivity index (χ1) is 9.25. The monoisotopic (exact) mass is 248 g/mol. The largest absolute Gasteiger partial charge is 0.0758 e. The molecule has 2 rings (SSSR count). The standard InChI is InChI=1S/C19H20/c1-16(2)15-19(18-11-7-4-8-12-18)14-13-17-9-5-3-6-10-17/h3-12,14-15H,13H2,1-2H3/b19-14+. The molecule has 0 N–H and O–H groups in total. The Labute approximate surface area is 116 Å². The van der Waals surface area contributed by atoms with Gasteiger partial charge in [0.25, 0.3) is 0 Å². The second kappa shape index (κ2) is 6.75. The number of hydrogen-bond donors (Lipinski definition) is 0. The quantitative estimate of drug-likeness (QED) is 0.646. The summed E-state index contributed by atoms with van der Waals surface area (Å²) in [5.41, 5.74) is 5.24. The molecule has 0 heterocycles. The lowest BCUT2D eigenvalue weighted by Crippen LogP contribution is -1.85. The van der Waals surface area contributed by atoms with Crippen LogP contribution in [-0.4, -0.2) is 0 Å². The van der Waals surface area contributed by atoms with Gasteiger partial charge in [0.15, 0.2) is 0 Å². The summed E-state index contributed by atoms with van der Waals surface area (Å²) in [6.45, 7) is 4.28. The van der Waals surface area contributed by atoms with Crippen LogP contribution in [0.15, 0.2) is 78.4 Å². The molecular formula is C19H20. The molecule has 0 unspecified atom stereocenters. The Morgan fingerprint density at radius 1 is 0.842 bits per heavy atom. The van der Waals surface area contributed by atoms with Gasteiger partial charge in [-0.1, -0.05) is 78.4 Å². The molecule has 0 saturated carbocycles. The maximum Gasteiger partial charge on any atom is -0.00882 e. The van der Waals surface area contributed by atoms with Crippen molar-refractivity contribution in [2.45, 2.75) is 20.3 Å². The highest BCUT2D eigenvalue weighted by Crippen LogP contribution is 2.18. The number of hydrogen-bond acceptors (Lipinski definition) is 0. The zero-order chi connectivity index (χ0) is 13.5. The van der Waals surface area contributed by atoms with E-state index in [9.17, 15) is 0 Å². The molecular weight excluding hydrogens is 228 g/mol. The van der Waals surface area contributed by atoms with Crippen molar-refractivity contribution in [3.8, 4) is 0 Å². The molecule has 0 bridgehead atoms. The van der Waals surface area contributed by atoms with E-state index >= 15 is 0 Å². The van der Waals surface area contributed by atoms with E-state index in [0.29, 0.717) is 0 Å². The highest BCUT2D eigenvalue weighted by atomic mass is 14.0. The molecule has 2 aromatic carbocycles. The summed E-state index contributed by atoms with van der Waals surface area (Å²) in [4.78, 5) is 0. The normalized spacial score (nSPS) is 11.2. The second-order valence-electron chi connectivity index (χ2n) is 4.94. The third kappa shape index (κ3) is 4.26. The predicted octanol–water partition coefficient (Wildman–Crippen LogP) is 5.28. The molecule has 96 valence electrons. The van der Waals surface area contributed by atoms with E-state index in [-0.39, 0.29) is 0 Å². The average molecular weight is 248 g/mol. The predicted molar refractivity (Wildman–Crippen MR) is 84.0 cm³/mol. The van der Waals surface area contributed by atoms with Crippen molar-refractivity contribution in [3.05, 3.63) is 89.5 Å². The highest BCUT2D eigenvalue weighted by Gasteiger charge is 1.98. The van der Waals surface area contributed by atoms with Crippen LogP contribution in [0.2, 0.25) is 0 Å². The molecule has 0 aliphatic heterocycles. The molecule has 0 nitrogen and oxygen atoms in total. The third-order valence-corrected chi connectivity index (χ3v) is 2.95. The van der Waals surface area contributed by atoms with E-state index in [1.54, 1.807) is 0 Å². The number of benzene rings is 2. The van der Waals surface area contributed by atoms with Gasteiger partial charge in [-0.15, -0.1) is 0 Å². The summed E-state index contributed by atoms with van der Waals surface area (Å²) in [7, 11) is 0. The Bertz CT molecular complexity index is 556. The van der Waals surface area contributed by atoms with Crippen LogP contribution in [0, 0.1) is 0 Å². The van der Waals surface area contributed by atoms with Crippen molar-refractivity contribution in [1.29, 1.82) is 0 Å². The van der Waals surface area contributed by atoms with E-state index < -0.39 is 0 Å². The van der Waals surface area contributed by atoms with Gasteiger partial charge in [-0.3, -0.25) is 0 Å². The van der Waals surface area contributed by atoms with E-state index in [2.05, 4.69) is 86.7 Å². The summed E-state index contributed by atoms with van der Waals surface area (Å²) in [5.74, 6) is 0. The van der Waals surface area contributed by atoms with Gasteiger partial charge in [-0.05, 0) is 37.0 Å². The van der Waals surface area contributed by atoms with E-state index in [4.69, 9.17) is 0 Å². The lowest BCUT2D eigenvalue weighted by molar-refractivity contribution is 1.27. The van der Waals surface area contributed by atoms with Crippen molar-refractivity contribution in [2.24, 2.45) is 0 Å². The fourth-order valence-corrected chi connectivity index (χ4v) is 2.04. The number of allylic oxidation sites excluding steroid dienone is 4. The van der Waals surface area contributed by atoms with Gasteiger partial charge in [-0.2, -0.15) is 0 Å². The summed E-state index contributed by atoms with van der Waals surface area (Å²) < 4.78 is 0. The van der Waals surface area contributed by atoms with Crippen molar-refractivity contribution < 1.29 is 0 Å². The third-order valence-electron chi connectivity index (χ3n) is 2.95. The van der Waals surface area contributed by atoms with Crippen molar-refractivity contribution >= 4 is 5.57 Å². The first kappa shape index (κ1) is 13.4. The Hall–Kier alpha value is -2.08. The van der Waals surface area contributed by atoms with Gasteiger partial charge in [-0.25, -0.2) is 0 Å². The zero-order valence-corrected chi connectivity index (χ0v) is 11.6. The molecule has 0 aromatic heterocycles. The Morgan fingerprint density at radius 3 is 2.00 bits per heavy atom. The molecule has 19 heavy (non-hydrogen) atoms. The smallest absolute Gasteiger partial charge is 0.00882 e. The van der Waals surface area contributed by atoms with Crippen LogP contribution in [0.3, 0.4) is 0 Å². The van der Waals surface area contributed by atoms with Crippen LogP contribution >= 0.6 is 0 Å². The first-order valence-corrected chi connectivity index (χ1v) is 6.70. The van der Waals surface area contributed by atoms with Crippen LogP contribution in [0.5, 0.6) is 0 Å². The number of rotatable bonds is 4. The van der Waals surface area contributed by atoms with Gasteiger partial charge in [0, 0.05) is 0 Å². The van der Waals surface area contributed by atoms with Gasteiger partial charge >= 0.3 is 0 Å².